The van der Waals surface area contributed by atoms with Crippen molar-refractivity contribution in [2.45, 2.75) is 25.8 Å². The predicted molar refractivity (Wildman–Crippen MR) is 101 cm³/mol. The van der Waals surface area contributed by atoms with Crippen molar-refractivity contribution in [2.24, 2.45) is 5.92 Å². The second-order valence-corrected chi connectivity index (χ2v) is 6.75. The maximum absolute atomic E-state index is 12.7. The fourth-order valence-corrected chi connectivity index (χ4v) is 3.39. The molecule has 1 aliphatic heterocycles. The van der Waals surface area contributed by atoms with E-state index in [0.717, 1.165) is 5.56 Å². The summed E-state index contributed by atoms with van der Waals surface area (Å²) in [4.78, 5) is 37.8. The Morgan fingerprint density at radius 1 is 1.15 bits per heavy atom. The number of nitrogens with zero attached hydrogens (tertiary/aromatic N) is 1. The van der Waals surface area contributed by atoms with Gasteiger partial charge in [0.1, 0.15) is 0 Å². The predicted octanol–water partition coefficient (Wildman–Crippen LogP) is 2.86. The fourth-order valence-electron chi connectivity index (χ4n) is 3.39. The van der Waals surface area contributed by atoms with Crippen molar-refractivity contribution < 1.29 is 19.5 Å². The number of carboxylic acids is 1. The molecular formula is C21H22N2O4. The number of likely N-dealkylation sites (tertiary alicyclic amines) is 1. The van der Waals surface area contributed by atoms with Gasteiger partial charge in [-0.2, -0.15) is 0 Å². The Kier molecular flexibility index (Phi) is 5.54. The highest BCUT2D eigenvalue weighted by molar-refractivity contribution is 5.98. The van der Waals surface area contributed by atoms with Gasteiger partial charge in [-0.3, -0.25) is 14.4 Å². The second-order valence-electron chi connectivity index (χ2n) is 6.75. The minimum absolute atomic E-state index is 0.0506. The number of anilines is 1. The van der Waals surface area contributed by atoms with Crippen LogP contribution in [0.15, 0.2) is 54.6 Å². The summed E-state index contributed by atoms with van der Waals surface area (Å²) >= 11 is 0. The molecule has 2 amide bonds. The van der Waals surface area contributed by atoms with E-state index in [-0.39, 0.29) is 30.7 Å². The molecule has 3 rings (SSSR count). The SMILES string of the molecule is CC(c1ccccc1)N1CC(C(=O)Nc2ccccc2CC(=O)O)CC1=O. The van der Waals surface area contributed by atoms with Crippen molar-refractivity contribution in [2.75, 3.05) is 11.9 Å². The number of hydrogen-bond donors (Lipinski definition) is 2. The van der Waals surface area contributed by atoms with Crippen molar-refractivity contribution in [3.63, 3.8) is 0 Å². The largest absolute Gasteiger partial charge is 0.481 e. The molecule has 0 saturated carbocycles. The summed E-state index contributed by atoms with van der Waals surface area (Å²) in [5.74, 6) is -1.73. The first-order chi connectivity index (χ1) is 13.0. The summed E-state index contributed by atoms with van der Waals surface area (Å²) in [6, 6.07) is 16.4. The average molecular weight is 366 g/mol. The lowest BCUT2D eigenvalue weighted by Gasteiger charge is -2.25. The molecule has 27 heavy (non-hydrogen) atoms. The molecule has 2 unspecified atom stereocenters. The highest BCUT2D eigenvalue weighted by Gasteiger charge is 2.37. The van der Waals surface area contributed by atoms with E-state index in [9.17, 15) is 14.4 Å². The molecule has 6 nitrogen and oxygen atoms in total. The van der Waals surface area contributed by atoms with E-state index in [1.807, 2.05) is 37.3 Å². The molecule has 0 radical (unpaired) electrons. The minimum Gasteiger partial charge on any atom is -0.481 e. The third-order valence-corrected chi connectivity index (χ3v) is 4.90. The number of nitrogens with one attached hydrogen (secondary N) is 1. The fraction of sp³-hybridized carbons (Fsp3) is 0.286. The molecule has 0 aromatic heterocycles. The first-order valence-electron chi connectivity index (χ1n) is 8.90. The summed E-state index contributed by atoms with van der Waals surface area (Å²) in [5, 5.41) is 11.8. The van der Waals surface area contributed by atoms with Gasteiger partial charge in [-0.1, -0.05) is 48.5 Å². The van der Waals surface area contributed by atoms with Crippen LogP contribution in [0.2, 0.25) is 0 Å². The summed E-state index contributed by atoms with van der Waals surface area (Å²) in [6.45, 7) is 2.30. The topological polar surface area (TPSA) is 86.7 Å². The molecule has 1 heterocycles. The molecule has 1 saturated heterocycles. The van der Waals surface area contributed by atoms with Crippen LogP contribution in [0.4, 0.5) is 5.69 Å². The van der Waals surface area contributed by atoms with E-state index in [1.165, 1.54) is 0 Å². The molecule has 2 N–H and O–H groups in total. The van der Waals surface area contributed by atoms with Gasteiger partial charge in [0.05, 0.1) is 18.4 Å². The zero-order valence-electron chi connectivity index (χ0n) is 15.1. The number of benzene rings is 2. The minimum atomic E-state index is -0.962. The molecule has 0 bridgehead atoms. The number of rotatable bonds is 6. The normalized spacial score (nSPS) is 17.6. The lowest BCUT2D eigenvalue weighted by Crippen LogP contribution is -2.30. The van der Waals surface area contributed by atoms with Gasteiger partial charge in [0, 0.05) is 18.7 Å². The van der Waals surface area contributed by atoms with E-state index in [2.05, 4.69) is 5.32 Å². The average Bonchev–Trinajstić information content (AvgIpc) is 3.05. The van der Waals surface area contributed by atoms with Crippen LogP contribution in [0.3, 0.4) is 0 Å². The summed E-state index contributed by atoms with van der Waals surface area (Å²) < 4.78 is 0. The van der Waals surface area contributed by atoms with Gasteiger partial charge < -0.3 is 15.3 Å². The summed E-state index contributed by atoms with van der Waals surface area (Å²) in [6.07, 6.45) is -0.0126. The van der Waals surface area contributed by atoms with E-state index in [4.69, 9.17) is 5.11 Å². The molecule has 1 fully saturated rings. The van der Waals surface area contributed by atoms with Gasteiger partial charge >= 0.3 is 5.97 Å². The van der Waals surface area contributed by atoms with Gasteiger partial charge in [0.25, 0.3) is 0 Å². The van der Waals surface area contributed by atoms with Crippen molar-refractivity contribution in [3.8, 4) is 0 Å². The number of carbonyl (C=O) groups is 3. The maximum Gasteiger partial charge on any atom is 0.307 e. The van der Waals surface area contributed by atoms with Crippen LogP contribution in [0.25, 0.3) is 0 Å². The van der Waals surface area contributed by atoms with Crippen LogP contribution >= 0.6 is 0 Å². The molecule has 6 heteroatoms. The third-order valence-electron chi connectivity index (χ3n) is 4.90. The summed E-state index contributed by atoms with van der Waals surface area (Å²) in [7, 11) is 0. The van der Waals surface area contributed by atoms with Crippen molar-refractivity contribution in [1.82, 2.24) is 4.90 Å². The van der Waals surface area contributed by atoms with Crippen molar-refractivity contribution in [3.05, 3.63) is 65.7 Å². The van der Waals surface area contributed by atoms with Crippen LogP contribution in [0.5, 0.6) is 0 Å². The molecule has 0 aliphatic carbocycles. The van der Waals surface area contributed by atoms with E-state index in [1.54, 1.807) is 29.2 Å². The lowest BCUT2D eigenvalue weighted by molar-refractivity contribution is -0.136. The Bertz CT molecular complexity index is 850. The van der Waals surface area contributed by atoms with Crippen LogP contribution in [0.1, 0.15) is 30.5 Å². The highest BCUT2D eigenvalue weighted by Crippen LogP contribution is 2.29. The van der Waals surface area contributed by atoms with Gasteiger partial charge in [0.15, 0.2) is 0 Å². The van der Waals surface area contributed by atoms with Crippen LogP contribution in [-0.4, -0.2) is 34.3 Å². The number of carbonyl (C=O) groups excluding carboxylic acids is 2. The highest BCUT2D eigenvalue weighted by atomic mass is 16.4. The van der Waals surface area contributed by atoms with Crippen LogP contribution in [-0.2, 0) is 20.8 Å². The number of amides is 2. The molecule has 2 aromatic rings. The first-order valence-corrected chi connectivity index (χ1v) is 8.90. The Morgan fingerprint density at radius 2 is 1.81 bits per heavy atom. The quantitative estimate of drug-likeness (QED) is 0.823. The van der Waals surface area contributed by atoms with Gasteiger partial charge in [-0.15, -0.1) is 0 Å². The molecule has 140 valence electrons. The van der Waals surface area contributed by atoms with E-state index >= 15 is 0 Å². The number of aliphatic carboxylic acids is 1. The van der Waals surface area contributed by atoms with Crippen LogP contribution < -0.4 is 5.32 Å². The summed E-state index contributed by atoms with van der Waals surface area (Å²) in [5.41, 5.74) is 2.04. The second kappa shape index (κ2) is 8.03. The Balaban J connectivity index is 1.69. The van der Waals surface area contributed by atoms with Gasteiger partial charge in [-0.05, 0) is 24.1 Å². The van der Waals surface area contributed by atoms with Crippen LogP contribution in [0, 0.1) is 5.92 Å². The molecule has 1 aliphatic rings. The number of carboxylic acid groups (broad SMARTS) is 1. The first kappa shape index (κ1) is 18.6. The monoisotopic (exact) mass is 366 g/mol. The molecule has 2 atom stereocenters. The van der Waals surface area contributed by atoms with Gasteiger partial charge in [-0.25, -0.2) is 0 Å². The maximum atomic E-state index is 12.7. The lowest BCUT2D eigenvalue weighted by atomic mass is 10.1. The Labute approximate surface area is 157 Å². The smallest absolute Gasteiger partial charge is 0.307 e. The van der Waals surface area contributed by atoms with Crippen molar-refractivity contribution >= 4 is 23.5 Å². The number of hydrogen-bond acceptors (Lipinski definition) is 3. The third kappa shape index (κ3) is 4.34. The van der Waals surface area contributed by atoms with Gasteiger partial charge in [0.2, 0.25) is 11.8 Å². The van der Waals surface area contributed by atoms with E-state index in [0.29, 0.717) is 17.8 Å². The zero-order chi connectivity index (χ0) is 19.4. The zero-order valence-corrected chi connectivity index (χ0v) is 15.1. The van der Waals surface area contributed by atoms with Crippen molar-refractivity contribution in [1.29, 1.82) is 0 Å². The molecule has 2 aromatic carbocycles. The molecule has 0 spiro atoms. The Hall–Kier alpha value is -3.15. The van der Waals surface area contributed by atoms with E-state index < -0.39 is 11.9 Å². The number of para-hydroxylation sites is 1. The Morgan fingerprint density at radius 3 is 2.52 bits per heavy atom. The standard InChI is InChI=1S/C21H22N2O4/c1-14(15-7-3-2-4-8-15)23-13-17(11-19(23)24)21(27)22-18-10-6-5-9-16(18)12-20(25)26/h2-10,14,17H,11-13H2,1H3,(H,22,27)(H,25,26). The molecular weight excluding hydrogens is 344 g/mol.